The number of anilines is 1. The van der Waals surface area contributed by atoms with Crippen molar-refractivity contribution >= 4 is 23.0 Å². The highest BCUT2D eigenvalue weighted by atomic mass is 16.2. The summed E-state index contributed by atoms with van der Waals surface area (Å²) in [7, 11) is 0. The molecule has 0 aliphatic carbocycles. The molecule has 0 saturated carbocycles. The molecule has 4 rings (SSSR count). The maximum atomic E-state index is 12.8. The number of hydrogen-bond acceptors (Lipinski definition) is 4. The number of para-hydroxylation sites is 1. The zero-order valence-electron chi connectivity index (χ0n) is 14.6. The average Bonchev–Trinajstić information content (AvgIpc) is 3.36. The second-order valence-corrected chi connectivity index (χ2v) is 6.35. The van der Waals surface area contributed by atoms with Crippen molar-refractivity contribution in [1.82, 2.24) is 14.3 Å². The first-order valence-electron chi connectivity index (χ1n) is 8.76. The van der Waals surface area contributed by atoms with Crippen molar-refractivity contribution in [2.45, 2.75) is 12.8 Å². The highest BCUT2D eigenvalue weighted by Gasteiger charge is 2.26. The molecule has 1 aromatic carbocycles. The Kier molecular flexibility index (Phi) is 4.30. The van der Waals surface area contributed by atoms with Gasteiger partial charge in [-0.2, -0.15) is 5.26 Å². The SMILES string of the molecule is N#Cc1ccccc1NC(=O)c1nc(C(=O)N2CCCC2)c2ccccn12. The first-order valence-corrected chi connectivity index (χ1v) is 8.76. The third kappa shape index (κ3) is 3.02. The molecule has 7 heteroatoms. The van der Waals surface area contributed by atoms with Gasteiger partial charge < -0.3 is 10.2 Å². The lowest BCUT2D eigenvalue weighted by Crippen LogP contribution is -2.28. The molecule has 0 atom stereocenters. The molecular weight excluding hydrogens is 342 g/mol. The van der Waals surface area contributed by atoms with Crippen molar-refractivity contribution in [2.24, 2.45) is 0 Å². The van der Waals surface area contributed by atoms with Crippen LogP contribution in [0.15, 0.2) is 48.7 Å². The van der Waals surface area contributed by atoms with Gasteiger partial charge in [-0.3, -0.25) is 14.0 Å². The standard InChI is InChI=1S/C20H17N5O2/c21-13-14-7-1-2-8-15(14)22-19(26)18-23-17(16-9-3-4-12-25(16)18)20(27)24-10-5-6-11-24/h1-4,7-9,12H,5-6,10-11H2,(H,22,26). The van der Waals surface area contributed by atoms with E-state index in [9.17, 15) is 14.9 Å². The van der Waals surface area contributed by atoms with Crippen LogP contribution in [0.3, 0.4) is 0 Å². The molecule has 1 aliphatic heterocycles. The fraction of sp³-hybridized carbons (Fsp3) is 0.200. The van der Waals surface area contributed by atoms with E-state index in [-0.39, 0.29) is 17.4 Å². The Bertz CT molecular complexity index is 1070. The minimum atomic E-state index is -0.473. The smallest absolute Gasteiger partial charge is 0.292 e. The Morgan fingerprint density at radius 2 is 1.81 bits per heavy atom. The molecule has 1 saturated heterocycles. The van der Waals surface area contributed by atoms with Crippen LogP contribution in [-0.4, -0.2) is 39.2 Å². The zero-order valence-corrected chi connectivity index (χ0v) is 14.6. The first kappa shape index (κ1) is 16.8. The van der Waals surface area contributed by atoms with Crippen LogP contribution in [0.2, 0.25) is 0 Å². The van der Waals surface area contributed by atoms with Gasteiger partial charge >= 0.3 is 0 Å². The molecule has 2 amide bonds. The van der Waals surface area contributed by atoms with E-state index in [4.69, 9.17) is 0 Å². The van der Waals surface area contributed by atoms with Crippen molar-refractivity contribution in [3.8, 4) is 6.07 Å². The van der Waals surface area contributed by atoms with Gasteiger partial charge in [0.25, 0.3) is 11.8 Å². The third-order valence-electron chi connectivity index (χ3n) is 4.64. The average molecular weight is 359 g/mol. The number of nitriles is 1. The van der Waals surface area contributed by atoms with Crippen molar-refractivity contribution in [2.75, 3.05) is 18.4 Å². The number of amides is 2. The summed E-state index contributed by atoms with van der Waals surface area (Å²) < 4.78 is 1.60. The van der Waals surface area contributed by atoms with Gasteiger partial charge in [-0.25, -0.2) is 4.98 Å². The molecule has 0 radical (unpaired) electrons. The second-order valence-electron chi connectivity index (χ2n) is 6.35. The third-order valence-corrected chi connectivity index (χ3v) is 4.64. The van der Waals surface area contributed by atoms with Gasteiger partial charge in [0, 0.05) is 19.3 Å². The lowest BCUT2D eigenvalue weighted by Gasteiger charge is -2.13. The monoisotopic (exact) mass is 359 g/mol. The molecule has 3 heterocycles. The molecule has 0 unspecified atom stereocenters. The van der Waals surface area contributed by atoms with Crippen LogP contribution in [0.25, 0.3) is 5.52 Å². The number of aromatic nitrogens is 2. The van der Waals surface area contributed by atoms with Crippen molar-refractivity contribution in [3.05, 3.63) is 65.7 Å². The number of likely N-dealkylation sites (tertiary alicyclic amines) is 1. The van der Waals surface area contributed by atoms with E-state index in [1.165, 1.54) is 0 Å². The van der Waals surface area contributed by atoms with Crippen LogP contribution < -0.4 is 5.32 Å². The van der Waals surface area contributed by atoms with Gasteiger partial charge in [-0.15, -0.1) is 0 Å². The summed E-state index contributed by atoms with van der Waals surface area (Å²) in [4.78, 5) is 31.8. The van der Waals surface area contributed by atoms with Gasteiger partial charge in [0.1, 0.15) is 6.07 Å². The Morgan fingerprint density at radius 3 is 2.59 bits per heavy atom. The number of pyridine rings is 1. The molecule has 3 aromatic rings. The van der Waals surface area contributed by atoms with Gasteiger partial charge in [0.05, 0.1) is 16.8 Å². The summed E-state index contributed by atoms with van der Waals surface area (Å²) in [5.41, 5.74) is 1.63. The van der Waals surface area contributed by atoms with Gasteiger partial charge in [0.2, 0.25) is 5.82 Å². The predicted molar refractivity (Wildman–Crippen MR) is 99.4 cm³/mol. The van der Waals surface area contributed by atoms with Crippen LogP contribution in [0.4, 0.5) is 5.69 Å². The summed E-state index contributed by atoms with van der Waals surface area (Å²) in [5.74, 6) is -0.520. The fourth-order valence-corrected chi connectivity index (χ4v) is 3.29. The minimum Gasteiger partial charge on any atom is -0.337 e. The molecule has 27 heavy (non-hydrogen) atoms. The van der Waals surface area contributed by atoms with E-state index in [1.54, 1.807) is 51.9 Å². The van der Waals surface area contributed by atoms with Crippen molar-refractivity contribution in [1.29, 1.82) is 5.26 Å². The highest BCUT2D eigenvalue weighted by Crippen LogP contribution is 2.20. The number of nitrogens with one attached hydrogen (secondary N) is 1. The molecule has 7 nitrogen and oxygen atoms in total. The minimum absolute atomic E-state index is 0.112. The number of carbonyl (C=O) groups excluding carboxylic acids is 2. The fourth-order valence-electron chi connectivity index (χ4n) is 3.29. The second kappa shape index (κ2) is 6.92. The van der Waals surface area contributed by atoms with Crippen LogP contribution >= 0.6 is 0 Å². The Morgan fingerprint density at radius 1 is 1.07 bits per heavy atom. The van der Waals surface area contributed by atoms with E-state index >= 15 is 0 Å². The van der Waals surface area contributed by atoms with E-state index in [2.05, 4.69) is 10.3 Å². The van der Waals surface area contributed by atoms with E-state index in [1.807, 2.05) is 12.1 Å². The number of rotatable bonds is 3. The summed E-state index contributed by atoms with van der Waals surface area (Å²) in [6.07, 6.45) is 3.67. The predicted octanol–water partition coefficient (Wildman–Crippen LogP) is 2.69. The van der Waals surface area contributed by atoms with Gasteiger partial charge in [-0.1, -0.05) is 18.2 Å². The van der Waals surface area contributed by atoms with E-state index in [0.29, 0.717) is 29.9 Å². The topological polar surface area (TPSA) is 90.5 Å². The summed E-state index contributed by atoms with van der Waals surface area (Å²) in [6, 6.07) is 14.2. The van der Waals surface area contributed by atoms with Gasteiger partial charge in [-0.05, 0) is 37.1 Å². The zero-order chi connectivity index (χ0) is 18.8. The normalized spacial score (nSPS) is 13.5. The van der Waals surface area contributed by atoms with Crippen LogP contribution in [-0.2, 0) is 0 Å². The Balaban J connectivity index is 1.72. The van der Waals surface area contributed by atoms with Crippen molar-refractivity contribution < 1.29 is 9.59 Å². The highest BCUT2D eigenvalue weighted by molar-refractivity contribution is 6.06. The largest absolute Gasteiger partial charge is 0.337 e. The molecule has 0 bridgehead atoms. The molecule has 1 aliphatic rings. The molecule has 1 fully saturated rings. The summed E-state index contributed by atoms with van der Waals surface area (Å²) in [5, 5.41) is 11.9. The van der Waals surface area contributed by atoms with Crippen LogP contribution in [0, 0.1) is 11.3 Å². The van der Waals surface area contributed by atoms with Crippen LogP contribution in [0.1, 0.15) is 39.5 Å². The van der Waals surface area contributed by atoms with Crippen LogP contribution in [0.5, 0.6) is 0 Å². The van der Waals surface area contributed by atoms with E-state index < -0.39 is 5.91 Å². The summed E-state index contributed by atoms with van der Waals surface area (Å²) >= 11 is 0. The number of benzene rings is 1. The summed E-state index contributed by atoms with van der Waals surface area (Å²) in [6.45, 7) is 1.42. The molecule has 0 spiro atoms. The van der Waals surface area contributed by atoms with E-state index in [0.717, 1.165) is 12.8 Å². The molecule has 2 aromatic heterocycles. The number of fused-ring (bicyclic) bond motifs is 1. The van der Waals surface area contributed by atoms with Gasteiger partial charge in [0.15, 0.2) is 5.69 Å². The first-order chi connectivity index (χ1) is 13.2. The number of carbonyl (C=O) groups is 2. The van der Waals surface area contributed by atoms with Crippen molar-refractivity contribution in [3.63, 3.8) is 0 Å². The number of hydrogen-bond donors (Lipinski definition) is 1. The Labute approximate surface area is 155 Å². The maximum Gasteiger partial charge on any atom is 0.292 e. The lowest BCUT2D eigenvalue weighted by molar-refractivity contribution is 0.0789. The Hall–Kier alpha value is -3.66. The molecule has 134 valence electrons. The molecular formula is C20H17N5O2. The molecule has 1 N–H and O–H groups in total. The number of imidazole rings is 1. The lowest BCUT2D eigenvalue weighted by atomic mass is 10.2. The quantitative estimate of drug-likeness (QED) is 0.778. The number of nitrogens with zero attached hydrogens (tertiary/aromatic N) is 4. The maximum absolute atomic E-state index is 12.8.